The van der Waals surface area contributed by atoms with E-state index in [0.717, 1.165) is 6.07 Å². The molecule has 3 aromatic rings. The molecule has 1 aromatic carbocycles. The quantitative estimate of drug-likeness (QED) is 0.547. The lowest BCUT2D eigenvalue weighted by Gasteiger charge is -2.21. The smallest absolute Gasteiger partial charge is 0.232 e. The van der Waals surface area contributed by atoms with Gasteiger partial charge in [-0.25, -0.2) is 26.2 Å². The number of benzene rings is 1. The zero-order chi connectivity index (χ0) is 23.9. The van der Waals surface area contributed by atoms with E-state index >= 15 is 0 Å². The summed E-state index contributed by atoms with van der Waals surface area (Å²) in [6.45, 7) is 6.49. The number of hydrogen-bond acceptors (Lipinski definition) is 6. The molecule has 0 aliphatic carbocycles. The Bertz CT molecular complexity index is 1370. The minimum absolute atomic E-state index is 0.00904. The number of imidazole rings is 1. The molecule has 0 amide bonds. The average Bonchev–Trinajstić information content (AvgIpc) is 3.10. The number of ether oxygens (including phenoxy) is 1. The van der Waals surface area contributed by atoms with E-state index < -0.39 is 30.4 Å². The van der Waals surface area contributed by atoms with Gasteiger partial charge in [0.05, 0.1) is 35.2 Å². The van der Waals surface area contributed by atoms with Crippen molar-refractivity contribution >= 4 is 31.2 Å². The van der Waals surface area contributed by atoms with Crippen LogP contribution in [0.1, 0.15) is 34.1 Å². The van der Waals surface area contributed by atoms with E-state index in [1.54, 1.807) is 32.1 Å². The minimum atomic E-state index is -3.76. The molecule has 0 saturated carbocycles. The molecular weight excluding hydrogens is 457 g/mol. The molecular formula is C21H26FN3O5S2. The van der Waals surface area contributed by atoms with E-state index in [0.29, 0.717) is 23.3 Å². The standard InChI is InChI=1S/C21H26FN3O5S2/c1-6-9-31(26,27)24-16-10-14(7-8-15(16)22)17-12-23-20-11-18(30-5)19(13-25(17)20)32(28,29)21(2,3)4/h7-8,10-13,24H,6,9H2,1-5H3. The van der Waals surface area contributed by atoms with Crippen molar-refractivity contribution in [3.63, 3.8) is 0 Å². The number of aromatic nitrogens is 2. The van der Waals surface area contributed by atoms with Gasteiger partial charge >= 0.3 is 0 Å². The maximum absolute atomic E-state index is 14.3. The number of pyridine rings is 1. The number of nitrogens with one attached hydrogen (secondary N) is 1. The van der Waals surface area contributed by atoms with Crippen molar-refractivity contribution in [2.24, 2.45) is 0 Å². The third-order valence-electron chi connectivity index (χ3n) is 4.89. The van der Waals surface area contributed by atoms with Crippen molar-refractivity contribution in [3.8, 4) is 17.0 Å². The SMILES string of the molecule is CCCS(=O)(=O)Nc1cc(-c2cnc3cc(OC)c(S(=O)(=O)C(C)(C)C)cn23)ccc1F. The summed E-state index contributed by atoms with van der Waals surface area (Å²) in [6.07, 6.45) is 3.30. The second-order valence-electron chi connectivity index (χ2n) is 8.31. The van der Waals surface area contributed by atoms with Gasteiger partial charge in [0.15, 0.2) is 9.84 Å². The number of rotatable bonds is 7. The number of hydrogen-bond donors (Lipinski definition) is 1. The molecule has 11 heteroatoms. The molecule has 0 unspecified atom stereocenters. The lowest BCUT2D eigenvalue weighted by atomic mass is 10.1. The van der Waals surface area contributed by atoms with E-state index in [1.807, 2.05) is 0 Å². The van der Waals surface area contributed by atoms with Crippen LogP contribution in [0.4, 0.5) is 10.1 Å². The first-order chi connectivity index (χ1) is 14.8. The summed E-state index contributed by atoms with van der Waals surface area (Å²) < 4.78 is 72.8. The number of nitrogens with zero attached hydrogens (tertiary/aromatic N) is 2. The van der Waals surface area contributed by atoms with Crippen molar-refractivity contribution in [2.45, 2.75) is 43.8 Å². The van der Waals surface area contributed by atoms with Crippen molar-refractivity contribution in [3.05, 3.63) is 42.5 Å². The summed E-state index contributed by atoms with van der Waals surface area (Å²) in [7, 11) is -6.07. The summed E-state index contributed by atoms with van der Waals surface area (Å²) in [5.74, 6) is -0.697. The normalized spacial score (nSPS) is 12.8. The highest BCUT2D eigenvalue weighted by atomic mass is 32.2. The molecule has 0 atom stereocenters. The largest absolute Gasteiger partial charge is 0.495 e. The molecule has 0 radical (unpaired) electrons. The molecule has 32 heavy (non-hydrogen) atoms. The van der Waals surface area contributed by atoms with Crippen LogP contribution in [0.5, 0.6) is 5.75 Å². The molecule has 0 bridgehead atoms. The van der Waals surface area contributed by atoms with Crippen LogP contribution in [0.2, 0.25) is 0 Å². The van der Waals surface area contributed by atoms with Gasteiger partial charge < -0.3 is 4.74 Å². The average molecular weight is 484 g/mol. The number of fused-ring (bicyclic) bond motifs is 1. The number of anilines is 1. The lowest BCUT2D eigenvalue weighted by molar-refractivity contribution is 0.401. The fraction of sp³-hybridized carbons (Fsp3) is 0.381. The summed E-state index contributed by atoms with van der Waals surface area (Å²) in [6, 6.07) is 5.48. The molecule has 2 heterocycles. The maximum Gasteiger partial charge on any atom is 0.232 e. The first kappa shape index (κ1) is 24.0. The first-order valence-electron chi connectivity index (χ1n) is 9.91. The van der Waals surface area contributed by atoms with Gasteiger partial charge in [-0.2, -0.15) is 0 Å². The predicted molar refractivity (Wildman–Crippen MR) is 122 cm³/mol. The summed E-state index contributed by atoms with van der Waals surface area (Å²) in [5, 5.41) is 0. The monoisotopic (exact) mass is 483 g/mol. The number of methoxy groups -OCH3 is 1. The molecule has 0 aliphatic rings. The van der Waals surface area contributed by atoms with Crippen LogP contribution in [0.15, 0.2) is 41.6 Å². The Morgan fingerprint density at radius 2 is 1.84 bits per heavy atom. The highest BCUT2D eigenvalue weighted by molar-refractivity contribution is 7.93. The van der Waals surface area contributed by atoms with Crippen LogP contribution in [0, 0.1) is 5.82 Å². The van der Waals surface area contributed by atoms with Crippen LogP contribution >= 0.6 is 0 Å². The van der Waals surface area contributed by atoms with Crippen LogP contribution in [0.25, 0.3) is 16.9 Å². The molecule has 174 valence electrons. The van der Waals surface area contributed by atoms with Crippen LogP contribution in [-0.2, 0) is 19.9 Å². The maximum atomic E-state index is 14.3. The van der Waals surface area contributed by atoms with Gasteiger partial charge in [0.1, 0.15) is 22.1 Å². The Kier molecular flexibility index (Phi) is 6.27. The second kappa shape index (κ2) is 8.36. The number of halogens is 1. The van der Waals surface area contributed by atoms with E-state index in [9.17, 15) is 21.2 Å². The molecule has 0 saturated heterocycles. The van der Waals surface area contributed by atoms with E-state index in [1.165, 1.54) is 37.7 Å². The lowest BCUT2D eigenvalue weighted by Crippen LogP contribution is -2.28. The van der Waals surface area contributed by atoms with E-state index in [4.69, 9.17) is 4.74 Å². The second-order valence-corrected chi connectivity index (χ2v) is 12.8. The minimum Gasteiger partial charge on any atom is -0.495 e. The fourth-order valence-corrected chi connectivity index (χ4v) is 5.58. The van der Waals surface area contributed by atoms with Gasteiger partial charge in [0.25, 0.3) is 0 Å². The molecule has 8 nitrogen and oxygen atoms in total. The van der Waals surface area contributed by atoms with Gasteiger partial charge in [0, 0.05) is 17.8 Å². The summed E-state index contributed by atoms with van der Waals surface area (Å²) >= 11 is 0. The van der Waals surface area contributed by atoms with Crippen molar-refractivity contribution in [1.29, 1.82) is 0 Å². The molecule has 2 aromatic heterocycles. The molecule has 0 spiro atoms. The van der Waals surface area contributed by atoms with Gasteiger partial charge in [-0.15, -0.1) is 0 Å². The third-order valence-corrected chi connectivity index (χ3v) is 8.87. The Balaban J connectivity index is 2.19. The number of sulfone groups is 1. The fourth-order valence-electron chi connectivity index (χ4n) is 3.14. The molecule has 1 N–H and O–H groups in total. The summed E-state index contributed by atoms with van der Waals surface area (Å²) in [4.78, 5) is 4.29. The van der Waals surface area contributed by atoms with E-state index in [2.05, 4.69) is 9.71 Å². The van der Waals surface area contributed by atoms with Crippen LogP contribution in [-0.4, -0.2) is 43.8 Å². The highest BCUT2D eigenvalue weighted by Crippen LogP contribution is 2.35. The van der Waals surface area contributed by atoms with Crippen LogP contribution < -0.4 is 9.46 Å². The number of sulfonamides is 1. The first-order valence-corrected chi connectivity index (χ1v) is 13.0. The molecule has 3 rings (SSSR count). The van der Waals surface area contributed by atoms with Gasteiger partial charge in [-0.05, 0) is 45.4 Å². The molecule has 0 aliphatic heterocycles. The van der Waals surface area contributed by atoms with E-state index in [-0.39, 0.29) is 22.1 Å². The molecule has 0 fully saturated rings. The Morgan fingerprint density at radius 3 is 2.44 bits per heavy atom. The van der Waals surface area contributed by atoms with Gasteiger partial charge in [0.2, 0.25) is 10.0 Å². The van der Waals surface area contributed by atoms with Crippen molar-refractivity contribution in [2.75, 3.05) is 17.6 Å². The third kappa shape index (κ3) is 4.44. The Labute approximate surface area is 187 Å². The zero-order valence-electron chi connectivity index (χ0n) is 18.5. The predicted octanol–water partition coefficient (Wildman–Crippen LogP) is 3.87. The van der Waals surface area contributed by atoms with Gasteiger partial charge in [-0.1, -0.05) is 6.92 Å². The van der Waals surface area contributed by atoms with Gasteiger partial charge in [-0.3, -0.25) is 9.12 Å². The summed E-state index contributed by atoms with van der Waals surface area (Å²) in [5.41, 5.74) is 1.14. The van der Waals surface area contributed by atoms with Crippen molar-refractivity contribution in [1.82, 2.24) is 9.38 Å². The van der Waals surface area contributed by atoms with Crippen LogP contribution in [0.3, 0.4) is 0 Å². The van der Waals surface area contributed by atoms with Crippen molar-refractivity contribution < 1.29 is 26.0 Å². The Hall–Kier alpha value is -2.66. The Morgan fingerprint density at radius 1 is 1.16 bits per heavy atom. The highest BCUT2D eigenvalue weighted by Gasteiger charge is 2.34. The topological polar surface area (TPSA) is 107 Å². The zero-order valence-corrected chi connectivity index (χ0v) is 20.1.